The van der Waals surface area contributed by atoms with Gasteiger partial charge in [-0.1, -0.05) is 278 Å². The first-order chi connectivity index (χ1) is 59.0. The van der Waals surface area contributed by atoms with Gasteiger partial charge in [-0.05, 0) is 241 Å². The molecular weight excluding hydrogens is 1490 g/mol. The van der Waals surface area contributed by atoms with Gasteiger partial charge in [0, 0.05) is 114 Å². The van der Waals surface area contributed by atoms with E-state index in [1.54, 1.807) is 0 Å². The van der Waals surface area contributed by atoms with Crippen molar-refractivity contribution in [3.63, 3.8) is 0 Å². The van der Waals surface area contributed by atoms with Crippen LogP contribution < -0.4 is 55.6 Å². The first-order valence-electron chi connectivity index (χ1n) is 40.1. The van der Waals surface area contributed by atoms with Crippen molar-refractivity contribution in [2.24, 2.45) is 0 Å². The third-order valence-corrected chi connectivity index (χ3v) is 22.6. The van der Waals surface area contributed by atoms with Gasteiger partial charge in [0.15, 0.2) is 0 Å². The molecule has 2 aliphatic rings. The standard InChI is InChI=1S/C54H39BN4.C54H40Cl2N4/c1-6-20-40(21-7-1)56(41-22-8-2-9-23-41)45-30-18-31-46(38-45)57(42-24-10-3-11-25-42)47-36-37-49-53(39-47)59(44-28-14-5-15-29-44)52-35-19-34-51-54(52)55(49)48-32-16-17-33-50(48)58(51)43-26-12-4-13-27-43;55-53-49(57(41-22-7-1-8-23-41)42-24-9-2-10-25-42)36-20-38-51(53)59(45-30-15-5-16-31-45)47-34-19-35-48(40-47)60(46-32-17-6-18-33-46)52-39-21-37-50(54(52)56)58(43-26-11-3-12-27-43)44-28-13-4-14-29-44/h1-39H;1-40H. The van der Waals surface area contributed by atoms with Crippen molar-refractivity contribution in [2.75, 3.05) is 39.2 Å². The predicted molar refractivity (Wildman–Crippen MR) is 505 cm³/mol. The average molecular weight is 1570 g/mol. The zero-order valence-electron chi connectivity index (χ0n) is 65.0. The lowest BCUT2D eigenvalue weighted by molar-refractivity contribution is 1.23. The van der Waals surface area contributed by atoms with E-state index in [0.717, 1.165) is 114 Å². The fourth-order valence-corrected chi connectivity index (χ4v) is 17.4. The minimum absolute atomic E-state index is 0.0418. The van der Waals surface area contributed by atoms with E-state index < -0.39 is 0 Å². The van der Waals surface area contributed by atoms with Gasteiger partial charge in [0.1, 0.15) is 0 Å². The maximum absolute atomic E-state index is 7.65. The number of halogens is 2. The van der Waals surface area contributed by atoms with Crippen molar-refractivity contribution in [2.45, 2.75) is 0 Å². The Kier molecular flexibility index (Phi) is 21.1. The lowest BCUT2D eigenvalue weighted by Gasteiger charge is -2.44. The molecule has 0 aromatic heterocycles. The molecule has 0 N–H and O–H groups in total. The first kappa shape index (κ1) is 74.1. The zero-order chi connectivity index (χ0) is 79.8. The highest BCUT2D eigenvalue weighted by Gasteiger charge is 2.43. The van der Waals surface area contributed by atoms with Gasteiger partial charge in [-0.2, -0.15) is 0 Å². The van der Waals surface area contributed by atoms with Gasteiger partial charge in [-0.25, -0.2) is 0 Å². The normalized spacial score (nSPS) is 11.6. The van der Waals surface area contributed by atoms with Crippen LogP contribution in [0, 0.1) is 0 Å². The number of nitrogens with zero attached hydrogens (tertiary/aromatic N) is 8. The second-order valence-corrected chi connectivity index (χ2v) is 29.8. The number of para-hydroxylation sites is 12. The summed E-state index contributed by atoms with van der Waals surface area (Å²) in [6.45, 7) is 0.0418. The van der Waals surface area contributed by atoms with Gasteiger partial charge in [0.2, 0.25) is 0 Å². The fraction of sp³-hybridized carbons (Fsp3) is 0. The van der Waals surface area contributed by atoms with Crippen LogP contribution in [0.3, 0.4) is 0 Å². The second kappa shape index (κ2) is 33.8. The molecule has 0 spiro atoms. The van der Waals surface area contributed by atoms with Crippen LogP contribution in [0.1, 0.15) is 0 Å². The molecule has 0 fully saturated rings. The molecular formula is C108H79BCl2N8. The zero-order valence-corrected chi connectivity index (χ0v) is 66.5. The Morgan fingerprint density at radius 2 is 0.387 bits per heavy atom. The van der Waals surface area contributed by atoms with E-state index in [-0.39, 0.29) is 6.71 Å². The van der Waals surface area contributed by atoms with E-state index >= 15 is 0 Å². The smallest absolute Gasteiger partial charge is 0.252 e. The largest absolute Gasteiger partial charge is 0.311 e. The van der Waals surface area contributed by atoms with Crippen LogP contribution >= 0.6 is 23.2 Å². The lowest BCUT2D eigenvalue weighted by Crippen LogP contribution is -2.61. The van der Waals surface area contributed by atoms with Crippen molar-refractivity contribution in [3.8, 4) is 0 Å². The number of rotatable bonds is 20. The summed E-state index contributed by atoms with van der Waals surface area (Å²) >= 11 is 15.3. The van der Waals surface area contributed by atoms with Crippen LogP contribution in [0.5, 0.6) is 0 Å². The Morgan fingerprint density at radius 3 is 0.723 bits per heavy atom. The van der Waals surface area contributed by atoms with Gasteiger partial charge in [0.05, 0.1) is 32.8 Å². The molecule has 2 heterocycles. The first-order valence-corrected chi connectivity index (χ1v) is 40.8. The quantitative estimate of drug-likeness (QED) is 0.0697. The van der Waals surface area contributed by atoms with Crippen LogP contribution in [-0.4, -0.2) is 6.71 Å². The molecule has 2 aliphatic heterocycles. The van der Waals surface area contributed by atoms with E-state index in [1.807, 2.05) is 84.9 Å². The number of fused-ring (bicyclic) bond motifs is 4. The fourth-order valence-electron chi connectivity index (χ4n) is 16.8. The van der Waals surface area contributed by atoms with Crippen molar-refractivity contribution in [1.82, 2.24) is 0 Å². The monoisotopic (exact) mass is 1570 g/mol. The van der Waals surface area contributed by atoms with Crippen molar-refractivity contribution >= 4 is 183 Å². The maximum Gasteiger partial charge on any atom is 0.252 e. The third-order valence-electron chi connectivity index (χ3n) is 21.9. The highest BCUT2D eigenvalue weighted by atomic mass is 35.5. The summed E-state index contributed by atoms with van der Waals surface area (Å²) in [5.74, 6) is 0. The molecule has 18 aromatic rings. The molecule has 8 nitrogen and oxygen atoms in total. The summed E-state index contributed by atoms with van der Waals surface area (Å²) in [6.07, 6.45) is 0. The summed E-state index contributed by atoms with van der Waals surface area (Å²) in [7, 11) is 0. The van der Waals surface area contributed by atoms with E-state index in [9.17, 15) is 0 Å². The lowest BCUT2D eigenvalue weighted by atomic mass is 9.33. The number of hydrogen-bond acceptors (Lipinski definition) is 8. The molecule has 568 valence electrons. The molecule has 18 aromatic carbocycles. The average Bonchev–Trinajstić information content (AvgIpc) is 0.698. The molecule has 0 aliphatic carbocycles. The molecule has 11 heteroatoms. The van der Waals surface area contributed by atoms with Gasteiger partial charge >= 0.3 is 0 Å². The SMILES string of the molecule is Clc1c(N(c2ccccc2)c2ccccc2)cccc1N(c1ccccc1)c1cccc(N(c2ccccc2)c2cccc(N(c3ccccc3)c3ccccc3)c2Cl)c1.c1ccc(N(c2ccccc2)c2cccc(N(c3ccccc3)c3ccc4c(c3)N(c3ccccc3)c3cccc5c3B4c3ccccc3N5c3ccccc3)c2)cc1. The van der Waals surface area contributed by atoms with Crippen LogP contribution in [0.2, 0.25) is 10.0 Å². The predicted octanol–water partition coefficient (Wildman–Crippen LogP) is 29.6. The molecule has 0 unspecified atom stereocenters. The van der Waals surface area contributed by atoms with Crippen molar-refractivity contribution in [1.29, 1.82) is 0 Å². The molecule has 0 radical (unpaired) electrons. The Labute approximate surface area is 706 Å². The highest BCUT2D eigenvalue weighted by Crippen LogP contribution is 2.52. The minimum Gasteiger partial charge on any atom is -0.311 e. The molecule has 0 saturated carbocycles. The van der Waals surface area contributed by atoms with Crippen LogP contribution in [0.25, 0.3) is 0 Å². The van der Waals surface area contributed by atoms with Gasteiger partial charge in [0.25, 0.3) is 6.71 Å². The Bertz CT molecular complexity index is 6190. The molecule has 0 bridgehead atoms. The Morgan fingerprint density at radius 1 is 0.168 bits per heavy atom. The van der Waals surface area contributed by atoms with Gasteiger partial charge in [-0.3, -0.25) is 0 Å². The number of benzene rings is 18. The van der Waals surface area contributed by atoms with Gasteiger partial charge in [-0.15, -0.1) is 0 Å². The molecule has 0 saturated heterocycles. The summed E-state index contributed by atoms with van der Waals surface area (Å²) in [4.78, 5) is 18.5. The van der Waals surface area contributed by atoms with E-state index in [1.165, 1.54) is 39.1 Å². The van der Waals surface area contributed by atoms with Crippen LogP contribution in [-0.2, 0) is 0 Å². The van der Waals surface area contributed by atoms with E-state index in [2.05, 4.69) is 434 Å². The van der Waals surface area contributed by atoms with Crippen molar-refractivity contribution in [3.05, 3.63) is 489 Å². The van der Waals surface area contributed by atoms with E-state index in [4.69, 9.17) is 23.2 Å². The number of anilines is 24. The Hall–Kier alpha value is -15.0. The third kappa shape index (κ3) is 14.7. The topological polar surface area (TPSA) is 25.9 Å². The summed E-state index contributed by atoms with van der Waals surface area (Å²) in [5, 5.41) is 1.22. The van der Waals surface area contributed by atoms with Crippen molar-refractivity contribution < 1.29 is 0 Å². The molecule has 20 rings (SSSR count). The summed E-state index contributed by atoms with van der Waals surface area (Å²) < 4.78 is 0. The van der Waals surface area contributed by atoms with E-state index in [0.29, 0.717) is 10.0 Å². The second-order valence-electron chi connectivity index (χ2n) is 29.1. The Balaban J connectivity index is 0.000000158. The molecule has 119 heavy (non-hydrogen) atoms. The number of hydrogen-bond donors (Lipinski definition) is 0. The van der Waals surface area contributed by atoms with Gasteiger partial charge < -0.3 is 39.2 Å². The maximum atomic E-state index is 7.65. The van der Waals surface area contributed by atoms with Crippen LogP contribution in [0.15, 0.2) is 479 Å². The highest BCUT2D eigenvalue weighted by molar-refractivity contribution is 7.00. The molecule has 0 atom stereocenters. The summed E-state index contributed by atoms with van der Waals surface area (Å²) in [6, 6.07) is 168. The molecule has 0 amide bonds. The van der Waals surface area contributed by atoms with Crippen LogP contribution in [0.4, 0.5) is 136 Å². The minimum atomic E-state index is 0.0418. The summed E-state index contributed by atoms with van der Waals surface area (Å²) in [5.41, 5.74) is 28.6.